The summed E-state index contributed by atoms with van der Waals surface area (Å²) in [6.07, 6.45) is 7.21. The minimum atomic E-state index is -3.21. The van der Waals surface area contributed by atoms with E-state index in [1.807, 2.05) is 4.90 Å². The zero-order valence-corrected chi connectivity index (χ0v) is 19.6. The molecule has 1 aliphatic heterocycles. The number of carbonyl (C=O) groups excluding carboxylic acids is 1. The van der Waals surface area contributed by atoms with Gasteiger partial charge in [0, 0.05) is 50.3 Å². The smallest absolute Gasteiger partial charge is 0.223 e. The van der Waals surface area contributed by atoms with Gasteiger partial charge in [0.15, 0.2) is 9.84 Å². The summed E-state index contributed by atoms with van der Waals surface area (Å²) in [5.41, 5.74) is 1.72. The number of sulfone groups is 1. The molecular formula is C23H32N4O3S. The largest absolute Gasteiger partial charge is 0.354 e. The third-order valence-electron chi connectivity index (χ3n) is 5.47. The Labute approximate surface area is 185 Å². The lowest BCUT2D eigenvalue weighted by Gasteiger charge is -2.33. The first-order chi connectivity index (χ1) is 14.5. The number of nitrogens with zero attached hydrogens (tertiary/aromatic N) is 3. The van der Waals surface area contributed by atoms with E-state index in [0.29, 0.717) is 23.2 Å². The lowest BCUT2D eigenvalue weighted by Crippen LogP contribution is -2.41. The van der Waals surface area contributed by atoms with E-state index in [4.69, 9.17) is 0 Å². The summed E-state index contributed by atoms with van der Waals surface area (Å²) < 4.78 is 23.2. The molecule has 1 N–H and O–H groups in total. The van der Waals surface area contributed by atoms with Gasteiger partial charge in [0.2, 0.25) is 11.9 Å². The fourth-order valence-corrected chi connectivity index (χ4v) is 4.28. The fourth-order valence-electron chi connectivity index (χ4n) is 3.65. The summed E-state index contributed by atoms with van der Waals surface area (Å²) in [6.45, 7) is 8.69. The van der Waals surface area contributed by atoms with Gasteiger partial charge in [-0.25, -0.2) is 18.4 Å². The topological polar surface area (TPSA) is 92.3 Å². The molecule has 1 aliphatic rings. The SMILES string of the molecule is CC(C)(C)CC(=O)N1CCC(CNc2ncc(-c3ccc(S(C)(=O)=O)cc3)cn2)CC1. The number of aromatic nitrogens is 2. The number of likely N-dealkylation sites (tertiary alicyclic amines) is 1. The van der Waals surface area contributed by atoms with E-state index in [2.05, 4.69) is 36.1 Å². The summed E-state index contributed by atoms with van der Waals surface area (Å²) in [4.78, 5) is 23.4. The second kappa shape index (κ2) is 9.34. The molecule has 3 rings (SSSR count). The molecule has 0 radical (unpaired) electrons. The number of rotatable bonds is 6. The summed E-state index contributed by atoms with van der Waals surface area (Å²) in [6, 6.07) is 6.71. The van der Waals surface area contributed by atoms with Crippen LogP contribution in [-0.4, -0.2) is 55.1 Å². The average Bonchev–Trinajstić information content (AvgIpc) is 2.71. The van der Waals surface area contributed by atoms with E-state index in [-0.39, 0.29) is 11.3 Å². The first-order valence-electron chi connectivity index (χ1n) is 10.7. The van der Waals surface area contributed by atoms with Crippen molar-refractivity contribution >= 4 is 21.7 Å². The maximum absolute atomic E-state index is 12.4. The molecule has 1 saturated heterocycles. The molecule has 2 heterocycles. The normalized spacial score (nSPS) is 15.7. The van der Waals surface area contributed by atoms with Crippen LogP contribution >= 0.6 is 0 Å². The lowest BCUT2D eigenvalue weighted by molar-refractivity contribution is -0.134. The number of piperidine rings is 1. The molecule has 1 aromatic carbocycles. The van der Waals surface area contributed by atoms with Crippen molar-refractivity contribution < 1.29 is 13.2 Å². The molecule has 0 bridgehead atoms. The highest BCUT2D eigenvalue weighted by Crippen LogP contribution is 2.24. The van der Waals surface area contributed by atoms with E-state index in [0.717, 1.165) is 43.6 Å². The van der Waals surface area contributed by atoms with Crippen LogP contribution in [0, 0.1) is 11.3 Å². The number of hydrogen-bond acceptors (Lipinski definition) is 6. The van der Waals surface area contributed by atoms with E-state index in [1.54, 1.807) is 36.7 Å². The Kier molecular flexibility index (Phi) is 6.99. The van der Waals surface area contributed by atoms with Crippen LogP contribution in [0.15, 0.2) is 41.6 Å². The van der Waals surface area contributed by atoms with Gasteiger partial charge in [-0.05, 0) is 41.9 Å². The number of benzene rings is 1. The second-order valence-corrected chi connectivity index (χ2v) is 11.6. The quantitative estimate of drug-likeness (QED) is 0.731. The zero-order chi connectivity index (χ0) is 22.6. The van der Waals surface area contributed by atoms with E-state index in [1.165, 1.54) is 6.26 Å². The molecular weight excluding hydrogens is 412 g/mol. The van der Waals surface area contributed by atoms with Crippen molar-refractivity contribution in [1.82, 2.24) is 14.9 Å². The first-order valence-corrected chi connectivity index (χ1v) is 12.5. The van der Waals surface area contributed by atoms with Crippen molar-refractivity contribution in [2.24, 2.45) is 11.3 Å². The summed E-state index contributed by atoms with van der Waals surface area (Å²) in [5.74, 6) is 1.32. The van der Waals surface area contributed by atoms with E-state index < -0.39 is 9.84 Å². The number of anilines is 1. The highest BCUT2D eigenvalue weighted by Gasteiger charge is 2.25. The van der Waals surface area contributed by atoms with Crippen molar-refractivity contribution in [2.45, 2.75) is 44.9 Å². The molecule has 8 heteroatoms. The second-order valence-electron chi connectivity index (χ2n) is 9.53. The third kappa shape index (κ3) is 6.75. The Morgan fingerprint density at radius 1 is 1.06 bits per heavy atom. The molecule has 0 spiro atoms. The molecule has 1 aromatic heterocycles. The number of hydrogen-bond donors (Lipinski definition) is 1. The lowest BCUT2D eigenvalue weighted by atomic mass is 9.90. The molecule has 0 unspecified atom stereocenters. The van der Waals surface area contributed by atoms with Gasteiger partial charge < -0.3 is 10.2 Å². The van der Waals surface area contributed by atoms with Gasteiger partial charge >= 0.3 is 0 Å². The van der Waals surface area contributed by atoms with Crippen LogP contribution in [0.5, 0.6) is 0 Å². The molecule has 7 nitrogen and oxygen atoms in total. The van der Waals surface area contributed by atoms with Crippen LogP contribution < -0.4 is 5.32 Å². The summed E-state index contributed by atoms with van der Waals surface area (Å²) >= 11 is 0. The summed E-state index contributed by atoms with van der Waals surface area (Å²) in [7, 11) is -3.21. The average molecular weight is 445 g/mol. The molecule has 0 aliphatic carbocycles. The minimum absolute atomic E-state index is 0.0226. The van der Waals surface area contributed by atoms with Crippen LogP contribution in [0.1, 0.15) is 40.0 Å². The van der Waals surface area contributed by atoms with Crippen LogP contribution in [0.2, 0.25) is 0 Å². The highest BCUT2D eigenvalue weighted by molar-refractivity contribution is 7.90. The van der Waals surface area contributed by atoms with Gasteiger partial charge in [-0.3, -0.25) is 4.79 Å². The van der Waals surface area contributed by atoms with Gasteiger partial charge in [-0.1, -0.05) is 32.9 Å². The molecule has 2 aromatic rings. The first kappa shape index (κ1) is 23.2. The van der Waals surface area contributed by atoms with Gasteiger partial charge in [-0.2, -0.15) is 0 Å². The fraction of sp³-hybridized carbons (Fsp3) is 0.522. The van der Waals surface area contributed by atoms with Crippen LogP contribution in [-0.2, 0) is 14.6 Å². The maximum Gasteiger partial charge on any atom is 0.223 e. The van der Waals surface area contributed by atoms with Gasteiger partial charge in [0.1, 0.15) is 0 Å². The molecule has 1 fully saturated rings. The Morgan fingerprint density at radius 2 is 1.65 bits per heavy atom. The molecule has 168 valence electrons. The van der Waals surface area contributed by atoms with Crippen LogP contribution in [0.25, 0.3) is 11.1 Å². The number of nitrogens with one attached hydrogen (secondary N) is 1. The Morgan fingerprint density at radius 3 is 2.16 bits per heavy atom. The molecule has 0 saturated carbocycles. The Hall–Kier alpha value is -2.48. The highest BCUT2D eigenvalue weighted by atomic mass is 32.2. The standard InChI is InChI=1S/C23H32N4O3S/c1-23(2,3)13-21(28)27-11-9-17(10-12-27)14-24-22-25-15-19(16-26-22)18-5-7-20(8-6-18)31(4,29)30/h5-8,15-17H,9-14H2,1-4H3,(H,24,25,26). The molecule has 31 heavy (non-hydrogen) atoms. The molecule has 1 amide bonds. The van der Waals surface area contributed by atoms with Crippen molar-refractivity contribution in [3.05, 3.63) is 36.7 Å². The number of carbonyl (C=O) groups is 1. The van der Waals surface area contributed by atoms with Gasteiger partial charge in [0.05, 0.1) is 4.90 Å². The summed E-state index contributed by atoms with van der Waals surface area (Å²) in [5, 5.41) is 3.30. The van der Waals surface area contributed by atoms with E-state index >= 15 is 0 Å². The van der Waals surface area contributed by atoms with Crippen molar-refractivity contribution in [3.63, 3.8) is 0 Å². The Balaban J connectivity index is 1.48. The maximum atomic E-state index is 12.4. The predicted octanol–water partition coefficient (Wildman–Crippen LogP) is 3.63. The Bertz CT molecular complexity index is 989. The van der Waals surface area contributed by atoms with Crippen LogP contribution in [0.4, 0.5) is 5.95 Å². The third-order valence-corrected chi connectivity index (χ3v) is 6.59. The monoisotopic (exact) mass is 444 g/mol. The van der Waals surface area contributed by atoms with E-state index in [9.17, 15) is 13.2 Å². The van der Waals surface area contributed by atoms with Gasteiger partial charge in [-0.15, -0.1) is 0 Å². The zero-order valence-electron chi connectivity index (χ0n) is 18.8. The van der Waals surface area contributed by atoms with Gasteiger partial charge in [0.25, 0.3) is 0 Å². The predicted molar refractivity (Wildman–Crippen MR) is 122 cm³/mol. The van der Waals surface area contributed by atoms with Crippen molar-refractivity contribution in [2.75, 3.05) is 31.2 Å². The number of amides is 1. The minimum Gasteiger partial charge on any atom is -0.354 e. The van der Waals surface area contributed by atoms with Crippen molar-refractivity contribution in [1.29, 1.82) is 0 Å². The molecule has 0 atom stereocenters. The van der Waals surface area contributed by atoms with Crippen molar-refractivity contribution in [3.8, 4) is 11.1 Å². The van der Waals surface area contributed by atoms with Crippen LogP contribution in [0.3, 0.4) is 0 Å².